The van der Waals surface area contributed by atoms with Crippen LogP contribution in [0.1, 0.15) is 23.0 Å². The number of halogens is 4. The Morgan fingerprint density at radius 1 is 1.23 bits per heavy atom. The van der Waals surface area contributed by atoms with Crippen molar-refractivity contribution < 1.29 is 9.18 Å². The summed E-state index contributed by atoms with van der Waals surface area (Å²) in [4.78, 5) is 12.5. The molecule has 0 radical (unpaired) electrons. The number of benzene rings is 1. The minimum atomic E-state index is -0.495. The van der Waals surface area contributed by atoms with Crippen LogP contribution < -0.4 is 5.32 Å². The molecule has 2 aromatic heterocycles. The first kappa shape index (κ1) is 18.7. The predicted molar refractivity (Wildman–Crippen MR) is 98.6 cm³/mol. The molecule has 1 N–H and O–H groups in total. The first-order valence-electron chi connectivity index (χ1n) is 7.59. The zero-order valence-corrected chi connectivity index (χ0v) is 15.8. The number of amides is 1. The summed E-state index contributed by atoms with van der Waals surface area (Å²) in [6, 6.07) is 4.41. The predicted octanol–water partition coefficient (Wildman–Crippen LogP) is 4.50. The van der Waals surface area contributed by atoms with Gasteiger partial charge in [0.1, 0.15) is 16.5 Å². The summed E-state index contributed by atoms with van der Waals surface area (Å²) in [5.41, 5.74) is 0.482. The highest BCUT2D eigenvalue weighted by molar-refractivity contribution is 6.35. The number of carbonyl (C=O) groups is 1. The SMILES string of the molecule is CCn1ncc(Cl)c1C(=O)Nc1nn(Cc2c(F)cccc2Cl)cc1Cl. The van der Waals surface area contributed by atoms with Crippen LogP contribution in [-0.4, -0.2) is 25.5 Å². The van der Waals surface area contributed by atoms with Gasteiger partial charge in [0.25, 0.3) is 5.91 Å². The van der Waals surface area contributed by atoms with E-state index in [0.717, 1.165) is 0 Å². The number of anilines is 1. The third-order valence-corrected chi connectivity index (χ3v) is 4.55. The number of nitrogens with zero attached hydrogens (tertiary/aromatic N) is 4. The van der Waals surface area contributed by atoms with Crippen LogP contribution in [0.15, 0.2) is 30.6 Å². The van der Waals surface area contributed by atoms with Crippen LogP contribution in [-0.2, 0) is 13.1 Å². The van der Waals surface area contributed by atoms with Crippen LogP contribution in [0, 0.1) is 5.82 Å². The largest absolute Gasteiger partial charge is 0.302 e. The smallest absolute Gasteiger partial charge is 0.276 e. The number of aryl methyl sites for hydroxylation is 1. The van der Waals surface area contributed by atoms with Crippen LogP contribution in [0.25, 0.3) is 0 Å². The zero-order valence-electron chi connectivity index (χ0n) is 13.5. The fourth-order valence-corrected chi connectivity index (χ4v) is 3.05. The molecule has 136 valence electrons. The van der Waals surface area contributed by atoms with Crippen LogP contribution in [0.2, 0.25) is 15.1 Å². The highest BCUT2D eigenvalue weighted by Gasteiger charge is 2.20. The molecule has 0 spiro atoms. The average molecular weight is 417 g/mol. The van der Waals surface area contributed by atoms with E-state index in [1.165, 1.54) is 33.9 Å². The normalized spacial score (nSPS) is 11.0. The third-order valence-electron chi connectivity index (χ3n) is 3.64. The van der Waals surface area contributed by atoms with Crippen molar-refractivity contribution in [3.8, 4) is 0 Å². The van der Waals surface area contributed by atoms with Crippen molar-refractivity contribution in [2.24, 2.45) is 0 Å². The molecule has 0 saturated carbocycles. The van der Waals surface area contributed by atoms with Crippen molar-refractivity contribution >= 4 is 46.5 Å². The monoisotopic (exact) mass is 415 g/mol. The van der Waals surface area contributed by atoms with Crippen LogP contribution in [0.5, 0.6) is 0 Å². The maximum atomic E-state index is 13.9. The van der Waals surface area contributed by atoms with E-state index in [2.05, 4.69) is 15.5 Å². The van der Waals surface area contributed by atoms with Gasteiger partial charge in [-0.1, -0.05) is 40.9 Å². The molecule has 3 rings (SSSR count). The maximum absolute atomic E-state index is 13.9. The molecule has 2 heterocycles. The lowest BCUT2D eigenvalue weighted by Gasteiger charge is -2.07. The summed E-state index contributed by atoms with van der Waals surface area (Å²) < 4.78 is 16.8. The molecule has 10 heteroatoms. The minimum Gasteiger partial charge on any atom is -0.302 e. The molecule has 26 heavy (non-hydrogen) atoms. The number of hydrogen-bond acceptors (Lipinski definition) is 3. The summed E-state index contributed by atoms with van der Waals surface area (Å²) in [6.07, 6.45) is 2.86. The standard InChI is InChI=1S/C16H13Cl3FN5O/c1-2-25-14(11(18)6-21-25)16(26)22-15-12(19)8-24(23-15)7-9-10(17)4-3-5-13(9)20/h3-6,8H,2,7H2,1H3,(H,22,23,26). The topological polar surface area (TPSA) is 64.7 Å². The maximum Gasteiger partial charge on any atom is 0.276 e. The van der Waals surface area contributed by atoms with Crippen LogP contribution in [0.3, 0.4) is 0 Å². The Hall–Kier alpha value is -2.09. The second-order valence-electron chi connectivity index (χ2n) is 5.33. The van der Waals surface area contributed by atoms with Gasteiger partial charge in [0.15, 0.2) is 5.82 Å². The molecule has 0 saturated heterocycles. The van der Waals surface area contributed by atoms with Crippen molar-refractivity contribution in [1.29, 1.82) is 0 Å². The van der Waals surface area contributed by atoms with Crippen molar-refractivity contribution in [3.05, 3.63) is 62.7 Å². The van der Waals surface area contributed by atoms with Crippen LogP contribution in [0.4, 0.5) is 10.2 Å². The molecule has 1 amide bonds. The summed E-state index contributed by atoms with van der Waals surface area (Å²) in [7, 11) is 0. The fourth-order valence-electron chi connectivity index (χ4n) is 2.40. The van der Waals surface area contributed by atoms with E-state index < -0.39 is 11.7 Å². The van der Waals surface area contributed by atoms with E-state index in [0.29, 0.717) is 6.54 Å². The number of carbonyl (C=O) groups excluding carboxylic acids is 1. The quantitative estimate of drug-likeness (QED) is 0.666. The molecule has 0 unspecified atom stereocenters. The molecule has 0 aliphatic carbocycles. The van der Waals surface area contributed by atoms with Gasteiger partial charge in [-0.3, -0.25) is 14.2 Å². The molecule has 3 aromatic rings. The van der Waals surface area contributed by atoms with Gasteiger partial charge in [-0.25, -0.2) is 4.39 Å². The lowest BCUT2D eigenvalue weighted by molar-refractivity contribution is 0.101. The molecular weight excluding hydrogens is 404 g/mol. The molecule has 0 bridgehead atoms. The lowest BCUT2D eigenvalue weighted by Crippen LogP contribution is -2.18. The summed E-state index contributed by atoms with van der Waals surface area (Å²) in [5, 5.41) is 11.5. The van der Waals surface area contributed by atoms with E-state index in [1.54, 1.807) is 6.07 Å². The second-order valence-corrected chi connectivity index (χ2v) is 6.56. The van der Waals surface area contributed by atoms with Gasteiger partial charge in [0, 0.05) is 23.3 Å². The van der Waals surface area contributed by atoms with Crippen LogP contribution >= 0.6 is 34.8 Å². The van der Waals surface area contributed by atoms with E-state index in [9.17, 15) is 9.18 Å². The van der Waals surface area contributed by atoms with Gasteiger partial charge in [0.2, 0.25) is 0 Å². The lowest BCUT2D eigenvalue weighted by atomic mass is 10.2. The van der Waals surface area contributed by atoms with Crippen molar-refractivity contribution in [1.82, 2.24) is 19.6 Å². The molecule has 1 aromatic carbocycles. The van der Waals surface area contributed by atoms with Crippen molar-refractivity contribution in [3.63, 3.8) is 0 Å². The Balaban J connectivity index is 1.82. The Morgan fingerprint density at radius 2 is 2.00 bits per heavy atom. The van der Waals surface area contributed by atoms with Gasteiger partial charge >= 0.3 is 0 Å². The highest BCUT2D eigenvalue weighted by atomic mass is 35.5. The van der Waals surface area contributed by atoms with Gasteiger partial charge in [0.05, 0.1) is 17.8 Å². The first-order valence-corrected chi connectivity index (χ1v) is 8.72. The van der Waals surface area contributed by atoms with Crippen molar-refractivity contribution in [2.45, 2.75) is 20.0 Å². The van der Waals surface area contributed by atoms with E-state index in [4.69, 9.17) is 34.8 Å². The fraction of sp³-hybridized carbons (Fsp3) is 0.188. The Labute approximate surface area is 163 Å². The van der Waals surface area contributed by atoms with E-state index in [1.807, 2.05) is 6.92 Å². The molecule has 0 fully saturated rings. The first-order chi connectivity index (χ1) is 12.4. The number of nitrogens with one attached hydrogen (secondary N) is 1. The van der Waals surface area contributed by atoms with Gasteiger partial charge in [-0.2, -0.15) is 10.2 Å². The number of rotatable bonds is 5. The number of aromatic nitrogens is 4. The highest BCUT2D eigenvalue weighted by Crippen LogP contribution is 2.25. The Bertz CT molecular complexity index is 949. The number of hydrogen-bond donors (Lipinski definition) is 1. The van der Waals surface area contributed by atoms with E-state index in [-0.39, 0.29) is 38.7 Å². The summed E-state index contributed by atoms with van der Waals surface area (Å²) in [5.74, 6) is -0.817. The molecule has 6 nitrogen and oxygen atoms in total. The molecule has 0 aliphatic rings. The van der Waals surface area contributed by atoms with Gasteiger partial charge < -0.3 is 5.32 Å². The minimum absolute atomic E-state index is 0.0642. The molecule has 0 aliphatic heterocycles. The van der Waals surface area contributed by atoms with Gasteiger partial charge in [-0.15, -0.1) is 0 Å². The Morgan fingerprint density at radius 3 is 2.69 bits per heavy atom. The molecule has 0 atom stereocenters. The van der Waals surface area contributed by atoms with Gasteiger partial charge in [-0.05, 0) is 19.1 Å². The summed E-state index contributed by atoms with van der Waals surface area (Å²) in [6.45, 7) is 2.37. The Kier molecular flexibility index (Phi) is 5.50. The van der Waals surface area contributed by atoms with Crippen molar-refractivity contribution in [2.75, 3.05) is 5.32 Å². The zero-order chi connectivity index (χ0) is 18.8. The average Bonchev–Trinajstić information content (AvgIpc) is 3.13. The van der Waals surface area contributed by atoms with E-state index >= 15 is 0 Å². The molecular formula is C16H13Cl3FN5O. The summed E-state index contributed by atoms with van der Waals surface area (Å²) >= 11 is 18.2. The second kappa shape index (κ2) is 7.65. The third kappa shape index (κ3) is 3.70.